The Balaban J connectivity index is 1.54. The lowest BCUT2D eigenvalue weighted by Crippen LogP contribution is -2.45. The molecular formula is C27H36N2O4. The van der Waals surface area contributed by atoms with Crippen molar-refractivity contribution in [2.45, 2.75) is 64.8 Å². The zero-order valence-electron chi connectivity index (χ0n) is 19.7. The maximum absolute atomic E-state index is 11.2. The molecule has 1 amide bonds. The first kappa shape index (κ1) is 23.9. The van der Waals surface area contributed by atoms with Crippen LogP contribution in [0.25, 0.3) is 0 Å². The molecule has 4 unspecified atom stereocenters. The van der Waals surface area contributed by atoms with E-state index in [2.05, 4.69) is 29.3 Å². The van der Waals surface area contributed by atoms with E-state index < -0.39 is 6.29 Å². The number of piperidine rings is 1. The third-order valence-electron chi connectivity index (χ3n) is 6.80. The molecule has 2 aliphatic rings. The number of amides is 1. The number of rotatable bonds is 7. The molecule has 6 nitrogen and oxygen atoms in total. The minimum atomic E-state index is -0.451. The third-order valence-corrected chi connectivity index (χ3v) is 6.80. The number of hydrogen-bond acceptors (Lipinski definition) is 5. The SMILES string of the molecule is CC(=O)NCc1ccc(C2OC(CN3CCCCC3)C(C)C(c3ccc(CO)cc3)O2)cc1. The summed E-state index contributed by atoms with van der Waals surface area (Å²) in [4.78, 5) is 13.7. The van der Waals surface area contributed by atoms with Crippen LogP contribution in [-0.4, -0.2) is 41.7 Å². The first-order chi connectivity index (χ1) is 16.0. The Hall–Kier alpha value is -2.25. The molecule has 0 saturated carbocycles. The maximum Gasteiger partial charge on any atom is 0.217 e. The number of aliphatic hydroxyl groups excluding tert-OH is 1. The molecule has 2 aromatic carbocycles. The van der Waals surface area contributed by atoms with Gasteiger partial charge in [-0.15, -0.1) is 0 Å². The highest BCUT2D eigenvalue weighted by molar-refractivity contribution is 5.72. The van der Waals surface area contributed by atoms with Gasteiger partial charge in [-0.25, -0.2) is 0 Å². The van der Waals surface area contributed by atoms with Crippen LogP contribution in [0.5, 0.6) is 0 Å². The zero-order chi connectivity index (χ0) is 23.2. The number of ether oxygens (including phenoxy) is 2. The number of likely N-dealkylation sites (tertiary alicyclic amines) is 1. The van der Waals surface area contributed by atoms with E-state index >= 15 is 0 Å². The summed E-state index contributed by atoms with van der Waals surface area (Å²) >= 11 is 0. The Kier molecular flexibility index (Phi) is 8.15. The standard InChI is InChI=1S/C27H36N2O4/c1-19-25(17-29-14-4-3-5-15-29)32-27(24-12-6-21(7-13-24)16-28-20(2)31)33-26(19)23-10-8-22(18-30)9-11-23/h6-13,19,25-27,30H,3-5,14-18H2,1-2H3,(H,28,31). The Morgan fingerprint density at radius 1 is 0.970 bits per heavy atom. The molecule has 0 spiro atoms. The van der Waals surface area contributed by atoms with Crippen molar-refractivity contribution in [2.75, 3.05) is 19.6 Å². The highest BCUT2D eigenvalue weighted by Crippen LogP contribution is 2.42. The Bertz CT molecular complexity index is 893. The highest BCUT2D eigenvalue weighted by atomic mass is 16.7. The fourth-order valence-corrected chi connectivity index (χ4v) is 4.74. The van der Waals surface area contributed by atoms with Crippen LogP contribution in [0.1, 0.15) is 67.8 Å². The number of aliphatic hydroxyl groups is 1. The Morgan fingerprint density at radius 3 is 2.24 bits per heavy atom. The molecule has 178 valence electrons. The molecule has 4 rings (SSSR count). The van der Waals surface area contributed by atoms with Gasteiger partial charge in [0.15, 0.2) is 6.29 Å². The van der Waals surface area contributed by atoms with Gasteiger partial charge in [-0.3, -0.25) is 4.79 Å². The summed E-state index contributed by atoms with van der Waals surface area (Å²) in [6, 6.07) is 16.1. The largest absolute Gasteiger partial charge is 0.392 e. The van der Waals surface area contributed by atoms with Gasteiger partial charge >= 0.3 is 0 Å². The van der Waals surface area contributed by atoms with Crippen molar-refractivity contribution in [3.05, 3.63) is 70.8 Å². The molecular weight excluding hydrogens is 416 g/mol. The minimum absolute atomic E-state index is 0.0372. The molecule has 2 N–H and O–H groups in total. The van der Waals surface area contributed by atoms with Crippen molar-refractivity contribution >= 4 is 5.91 Å². The van der Waals surface area contributed by atoms with Crippen LogP contribution in [-0.2, 0) is 27.4 Å². The lowest BCUT2D eigenvalue weighted by atomic mass is 9.89. The molecule has 2 fully saturated rings. The van der Waals surface area contributed by atoms with Crippen molar-refractivity contribution < 1.29 is 19.4 Å². The predicted octanol–water partition coefficient (Wildman–Crippen LogP) is 4.09. The molecule has 0 radical (unpaired) electrons. The number of hydrogen-bond donors (Lipinski definition) is 2. The summed E-state index contributed by atoms with van der Waals surface area (Å²) < 4.78 is 13.1. The lowest BCUT2D eigenvalue weighted by molar-refractivity contribution is -0.276. The van der Waals surface area contributed by atoms with Crippen molar-refractivity contribution in [3.8, 4) is 0 Å². The molecule has 6 heteroatoms. The molecule has 0 aliphatic carbocycles. The first-order valence-electron chi connectivity index (χ1n) is 12.1. The van der Waals surface area contributed by atoms with E-state index in [1.54, 1.807) is 0 Å². The van der Waals surface area contributed by atoms with Gasteiger partial charge in [0, 0.05) is 31.5 Å². The molecule has 2 heterocycles. The number of carbonyl (C=O) groups is 1. The van der Waals surface area contributed by atoms with Gasteiger partial charge in [0.05, 0.1) is 18.8 Å². The Labute approximate surface area is 196 Å². The topological polar surface area (TPSA) is 71.0 Å². The fraction of sp³-hybridized carbons (Fsp3) is 0.519. The van der Waals surface area contributed by atoms with Gasteiger partial charge in [0.25, 0.3) is 0 Å². The van der Waals surface area contributed by atoms with Crippen LogP contribution >= 0.6 is 0 Å². The van der Waals surface area contributed by atoms with E-state index in [4.69, 9.17) is 9.47 Å². The summed E-state index contributed by atoms with van der Waals surface area (Å²) in [5, 5.41) is 12.2. The second kappa shape index (κ2) is 11.3. The monoisotopic (exact) mass is 452 g/mol. The smallest absolute Gasteiger partial charge is 0.217 e. The number of nitrogens with one attached hydrogen (secondary N) is 1. The quantitative estimate of drug-likeness (QED) is 0.662. The summed E-state index contributed by atoms with van der Waals surface area (Å²) in [5.74, 6) is 0.157. The number of carbonyl (C=O) groups excluding carboxylic acids is 1. The second-order valence-corrected chi connectivity index (χ2v) is 9.33. The van der Waals surface area contributed by atoms with E-state index in [0.29, 0.717) is 6.54 Å². The highest BCUT2D eigenvalue weighted by Gasteiger charge is 2.39. The summed E-state index contributed by atoms with van der Waals surface area (Å²) in [6.07, 6.45) is 3.33. The first-order valence-corrected chi connectivity index (χ1v) is 12.1. The van der Waals surface area contributed by atoms with E-state index in [-0.39, 0.29) is 30.6 Å². The summed E-state index contributed by atoms with van der Waals surface area (Å²) in [5.41, 5.74) is 4.03. The van der Waals surface area contributed by atoms with Crippen LogP contribution < -0.4 is 5.32 Å². The average molecular weight is 453 g/mol. The lowest BCUT2D eigenvalue weighted by Gasteiger charge is -2.43. The fourth-order valence-electron chi connectivity index (χ4n) is 4.74. The van der Waals surface area contributed by atoms with Gasteiger partial charge in [-0.05, 0) is 42.6 Å². The van der Waals surface area contributed by atoms with Crippen molar-refractivity contribution in [2.24, 2.45) is 5.92 Å². The van der Waals surface area contributed by atoms with Crippen molar-refractivity contribution in [3.63, 3.8) is 0 Å². The molecule has 0 bridgehead atoms. The van der Waals surface area contributed by atoms with Gasteiger partial charge < -0.3 is 24.8 Å². The van der Waals surface area contributed by atoms with Gasteiger partial charge in [-0.1, -0.05) is 61.9 Å². The van der Waals surface area contributed by atoms with E-state index in [9.17, 15) is 9.90 Å². The molecule has 33 heavy (non-hydrogen) atoms. The van der Waals surface area contributed by atoms with Crippen LogP contribution in [0, 0.1) is 5.92 Å². The molecule has 4 atom stereocenters. The van der Waals surface area contributed by atoms with Crippen LogP contribution in [0.2, 0.25) is 0 Å². The number of nitrogens with zero attached hydrogens (tertiary/aromatic N) is 1. The molecule has 2 saturated heterocycles. The van der Waals surface area contributed by atoms with Crippen LogP contribution in [0.15, 0.2) is 48.5 Å². The third kappa shape index (κ3) is 6.21. The minimum Gasteiger partial charge on any atom is -0.392 e. The zero-order valence-corrected chi connectivity index (χ0v) is 19.7. The van der Waals surface area contributed by atoms with E-state index in [1.165, 1.54) is 26.2 Å². The van der Waals surface area contributed by atoms with Gasteiger partial charge in [0.2, 0.25) is 5.91 Å². The molecule has 2 aliphatic heterocycles. The Morgan fingerprint density at radius 2 is 1.61 bits per heavy atom. The van der Waals surface area contributed by atoms with Crippen LogP contribution in [0.4, 0.5) is 0 Å². The predicted molar refractivity (Wildman–Crippen MR) is 127 cm³/mol. The van der Waals surface area contributed by atoms with Gasteiger partial charge in [-0.2, -0.15) is 0 Å². The van der Waals surface area contributed by atoms with Crippen LogP contribution in [0.3, 0.4) is 0 Å². The van der Waals surface area contributed by atoms with E-state index in [0.717, 1.165) is 41.9 Å². The number of benzene rings is 2. The normalized spacial score (nSPS) is 26.2. The second-order valence-electron chi connectivity index (χ2n) is 9.33. The summed E-state index contributed by atoms with van der Waals surface area (Å²) in [7, 11) is 0. The maximum atomic E-state index is 11.2. The average Bonchev–Trinajstić information content (AvgIpc) is 2.85. The van der Waals surface area contributed by atoms with E-state index in [1.807, 2.05) is 36.4 Å². The summed E-state index contributed by atoms with van der Waals surface area (Å²) in [6.45, 7) is 7.46. The molecule has 0 aromatic heterocycles. The van der Waals surface area contributed by atoms with Crippen molar-refractivity contribution in [1.29, 1.82) is 0 Å². The van der Waals surface area contributed by atoms with Crippen molar-refractivity contribution in [1.82, 2.24) is 10.2 Å². The molecule has 2 aromatic rings. The van der Waals surface area contributed by atoms with Gasteiger partial charge in [0.1, 0.15) is 0 Å².